The van der Waals surface area contributed by atoms with Crippen LogP contribution in [0.4, 0.5) is 20.7 Å². The number of likely N-dealkylation sites (tertiary alicyclic amines) is 1. The molecule has 0 spiro atoms. The molecule has 14 nitrogen and oxygen atoms in total. The lowest BCUT2D eigenvalue weighted by atomic mass is 9.91. The molecular weight excluding hydrogens is 739 g/mol. The molecule has 8 rings (SSSR count). The standard InChI is InChI=1S/C40H44ClFN10O4/c41-32-21-30(4-1-26(32)22-43)56-29-5-2-27(3-6-29)45-38(54)33-7-8-36(48-47-33)50-19-13-40(42,14-20-50)25-49-15-9-28(10-16-49)51-17-11-31-34(51)23-44-24-35(31)52-18-12-37(53)46-39(52)55/h1,4,7-8,11,17,21,23-24,27-29H,2-3,5-6,9-10,12-16,18-20,25H2,(H,45,54)(H,46,53,55)/t27-,29-. The van der Waals surface area contributed by atoms with Crippen molar-refractivity contribution >= 4 is 51.9 Å². The zero-order chi connectivity index (χ0) is 38.8. The maximum absolute atomic E-state index is 16.2. The van der Waals surface area contributed by atoms with Gasteiger partial charge in [-0.15, -0.1) is 10.2 Å². The number of piperidine rings is 2. The Labute approximate surface area is 328 Å². The van der Waals surface area contributed by atoms with Gasteiger partial charge in [-0.05, 0) is 68.9 Å². The molecule has 0 unspecified atom stereocenters. The van der Waals surface area contributed by atoms with Gasteiger partial charge < -0.3 is 24.4 Å². The molecule has 4 aliphatic rings. The quantitative estimate of drug-likeness (QED) is 0.220. The SMILES string of the molecule is N#Cc1ccc(O[C@H]2CC[C@H](NC(=O)c3ccc(N4CCC(F)(CN5CCC(n6ccc7c(N8CCC(=O)NC8=O)cncc76)CC5)CC4)nn3)CC2)cc1Cl. The number of nitrogens with one attached hydrogen (secondary N) is 2. The van der Waals surface area contributed by atoms with Crippen LogP contribution >= 0.6 is 11.6 Å². The van der Waals surface area contributed by atoms with Crippen LogP contribution < -0.4 is 25.2 Å². The number of hydrogen-bond acceptors (Lipinski definition) is 10. The smallest absolute Gasteiger partial charge is 0.328 e. The Kier molecular flexibility index (Phi) is 10.8. The number of hydrogen-bond donors (Lipinski definition) is 2. The van der Waals surface area contributed by atoms with Crippen LogP contribution in [0.1, 0.15) is 79.9 Å². The van der Waals surface area contributed by atoms with Crippen molar-refractivity contribution in [3.8, 4) is 11.8 Å². The minimum absolute atomic E-state index is 0.00320. The van der Waals surface area contributed by atoms with Gasteiger partial charge in [0.25, 0.3) is 5.91 Å². The maximum Gasteiger partial charge on any atom is 0.328 e. The minimum atomic E-state index is -1.30. The van der Waals surface area contributed by atoms with Crippen molar-refractivity contribution in [2.75, 3.05) is 49.1 Å². The number of fused-ring (bicyclic) bond motifs is 1. The van der Waals surface area contributed by atoms with Gasteiger partial charge in [-0.1, -0.05) is 11.6 Å². The third kappa shape index (κ3) is 8.13. The van der Waals surface area contributed by atoms with Crippen molar-refractivity contribution in [1.82, 2.24) is 35.3 Å². The highest BCUT2D eigenvalue weighted by Crippen LogP contribution is 2.35. The predicted molar refractivity (Wildman–Crippen MR) is 208 cm³/mol. The first kappa shape index (κ1) is 37.6. The topological polar surface area (TPSA) is 162 Å². The third-order valence-corrected chi connectivity index (χ3v) is 12.0. The largest absolute Gasteiger partial charge is 0.490 e. The number of anilines is 2. The van der Waals surface area contributed by atoms with E-state index in [2.05, 4.69) is 35.3 Å². The number of benzene rings is 1. The average Bonchev–Trinajstić information content (AvgIpc) is 3.64. The number of rotatable bonds is 9. The number of carbonyl (C=O) groups is 3. The molecule has 3 saturated heterocycles. The maximum atomic E-state index is 16.2. The Balaban J connectivity index is 0.777. The molecule has 1 aromatic carbocycles. The van der Waals surface area contributed by atoms with E-state index in [1.54, 1.807) is 41.4 Å². The Morgan fingerprint density at radius 1 is 1.00 bits per heavy atom. The van der Waals surface area contributed by atoms with Gasteiger partial charge in [0.2, 0.25) is 5.91 Å². The van der Waals surface area contributed by atoms with Gasteiger partial charge in [-0.2, -0.15) is 5.26 Å². The first-order valence-electron chi connectivity index (χ1n) is 19.4. The second-order valence-electron chi connectivity index (χ2n) is 15.3. The summed E-state index contributed by atoms with van der Waals surface area (Å²) in [6.45, 7) is 3.29. The van der Waals surface area contributed by atoms with Gasteiger partial charge >= 0.3 is 6.03 Å². The van der Waals surface area contributed by atoms with E-state index in [-0.39, 0.29) is 42.1 Å². The lowest BCUT2D eigenvalue weighted by Crippen LogP contribution is -2.50. The predicted octanol–water partition coefficient (Wildman–Crippen LogP) is 5.56. The Morgan fingerprint density at radius 3 is 2.48 bits per heavy atom. The van der Waals surface area contributed by atoms with E-state index in [9.17, 15) is 14.4 Å². The van der Waals surface area contributed by atoms with Gasteiger partial charge in [-0.3, -0.25) is 24.8 Å². The second kappa shape index (κ2) is 16.0. The highest BCUT2D eigenvalue weighted by Gasteiger charge is 2.38. The molecule has 56 heavy (non-hydrogen) atoms. The van der Waals surface area contributed by atoms with Gasteiger partial charge in [0, 0.05) is 88.3 Å². The fourth-order valence-corrected chi connectivity index (χ4v) is 8.70. The summed E-state index contributed by atoms with van der Waals surface area (Å²) < 4.78 is 24.5. The Morgan fingerprint density at radius 2 is 1.79 bits per heavy atom. The van der Waals surface area contributed by atoms with Crippen LogP contribution in [-0.4, -0.2) is 99.6 Å². The van der Waals surface area contributed by atoms with E-state index in [4.69, 9.17) is 21.6 Å². The number of pyridine rings is 1. The molecule has 6 heterocycles. The number of alkyl halides is 1. The Bertz CT molecular complexity index is 2130. The van der Waals surface area contributed by atoms with Crippen molar-refractivity contribution in [1.29, 1.82) is 5.26 Å². The average molecular weight is 783 g/mol. The summed E-state index contributed by atoms with van der Waals surface area (Å²) in [5.41, 5.74) is 0.981. The molecule has 0 radical (unpaired) electrons. The van der Waals surface area contributed by atoms with Crippen molar-refractivity contribution in [3.63, 3.8) is 0 Å². The van der Waals surface area contributed by atoms with Gasteiger partial charge in [0.15, 0.2) is 11.5 Å². The number of nitrogens with zero attached hydrogens (tertiary/aromatic N) is 8. The van der Waals surface area contributed by atoms with Crippen LogP contribution in [0.25, 0.3) is 10.9 Å². The number of halogens is 2. The van der Waals surface area contributed by atoms with E-state index >= 15 is 4.39 Å². The number of nitriles is 1. The fourth-order valence-electron chi connectivity index (χ4n) is 8.49. The van der Waals surface area contributed by atoms with Crippen molar-refractivity contribution in [2.45, 2.75) is 81.6 Å². The van der Waals surface area contributed by atoms with E-state index < -0.39 is 11.7 Å². The van der Waals surface area contributed by atoms with Crippen LogP contribution in [0, 0.1) is 11.3 Å². The van der Waals surface area contributed by atoms with Gasteiger partial charge in [-0.25, -0.2) is 9.18 Å². The van der Waals surface area contributed by atoms with Crippen molar-refractivity contribution in [3.05, 3.63) is 71.3 Å². The molecule has 16 heteroatoms. The molecule has 3 aromatic heterocycles. The molecule has 4 amide bonds. The van der Waals surface area contributed by atoms with E-state index in [0.29, 0.717) is 66.9 Å². The van der Waals surface area contributed by atoms with E-state index in [0.717, 1.165) is 62.5 Å². The fraction of sp³-hybridized carbons (Fsp3) is 0.475. The molecule has 0 bridgehead atoms. The minimum Gasteiger partial charge on any atom is -0.490 e. The summed E-state index contributed by atoms with van der Waals surface area (Å²) in [4.78, 5) is 47.4. The van der Waals surface area contributed by atoms with Crippen LogP contribution in [0.5, 0.6) is 5.75 Å². The molecule has 1 aliphatic carbocycles. The second-order valence-corrected chi connectivity index (χ2v) is 15.7. The summed E-state index contributed by atoms with van der Waals surface area (Å²) >= 11 is 6.14. The zero-order valence-corrected chi connectivity index (χ0v) is 31.8. The van der Waals surface area contributed by atoms with E-state index in [1.165, 1.54) is 0 Å². The third-order valence-electron chi connectivity index (χ3n) is 11.7. The monoisotopic (exact) mass is 782 g/mol. The molecule has 2 N–H and O–H groups in total. The molecule has 3 aliphatic heterocycles. The first-order valence-corrected chi connectivity index (χ1v) is 19.8. The van der Waals surface area contributed by atoms with Gasteiger partial charge in [0.1, 0.15) is 17.5 Å². The van der Waals surface area contributed by atoms with Crippen LogP contribution in [-0.2, 0) is 4.79 Å². The molecule has 292 valence electrons. The first-order chi connectivity index (χ1) is 27.1. The summed E-state index contributed by atoms with van der Waals surface area (Å²) in [5.74, 6) is 0.723. The molecular formula is C40H44ClFN10O4. The number of ether oxygens (including phenoxy) is 1. The highest BCUT2D eigenvalue weighted by molar-refractivity contribution is 6.31. The summed E-state index contributed by atoms with van der Waals surface area (Å²) in [6.07, 6.45) is 11.4. The zero-order valence-electron chi connectivity index (χ0n) is 31.0. The molecule has 4 aromatic rings. The summed E-state index contributed by atoms with van der Waals surface area (Å²) in [5, 5.41) is 24.4. The molecule has 4 fully saturated rings. The van der Waals surface area contributed by atoms with Crippen LogP contribution in [0.2, 0.25) is 5.02 Å². The normalized spacial score (nSPS) is 22.1. The molecule has 1 saturated carbocycles. The van der Waals surface area contributed by atoms with Crippen LogP contribution in [0.15, 0.2) is 55.0 Å². The molecule has 0 atom stereocenters. The number of urea groups is 1. The van der Waals surface area contributed by atoms with Crippen molar-refractivity contribution < 1.29 is 23.5 Å². The van der Waals surface area contributed by atoms with Crippen molar-refractivity contribution in [2.24, 2.45) is 0 Å². The lowest BCUT2D eigenvalue weighted by Gasteiger charge is -2.41. The number of carbonyl (C=O) groups excluding carboxylic acids is 3. The summed E-state index contributed by atoms with van der Waals surface area (Å²) in [6, 6.07) is 12.4. The lowest BCUT2D eigenvalue weighted by molar-refractivity contribution is -0.120. The Hall–Kier alpha value is -5.33. The van der Waals surface area contributed by atoms with E-state index in [1.807, 2.05) is 29.4 Å². The van der Waals surface area contributed by atoms with Gasteiger partial charge in [0.05, 0.1) is 40.3 Å². The highest BCUT2D eigenvalue weighted by atomic mass is 35.5. The number of imide groups is 1. The van der Waals surface area contributed by atoms with Crippen LogP contribution in [0.3, 0.4) is 0 Å². The number of aromatic nitrogens is 4. The number of amides is 4. The summed E-state index contributed by atoms with van der Waals surface area (Å²) in [7, 11) is 0.